The lowest BCUT2D eigenvalue weighted by molar-refractivity contribution is -0.137. The number of alkyl halides is 3. The van der Waals surface area contributed by atoms with E-state index in [1.165, 1.54) is 12.1 Å². The number of aromatic nitrogens is 2. The standard InChI is InChI=1S/C14H12F3N3O/c15-14(16,17)9-4-1-3-8(7-9)11-19-12-10(13(21)20-11)5-2-6-18-12/h1,3-4,7H,2,5-6H2,(H2,18,19,20,21). The van der Waals surface area contributed by atoms with Gasteiger partial charge in [-0.25, -0.2) is 4.98 Å². The van der Waals surface area contributed by atoms with Crippen LogP contribution in [-0.4, -0.2) is 16.5 Å². The summed E-state index contributed by atoms with van der Waals surface area (Å²) in [6, 6.07) is 4.75. The predicted molar refractivity (Wildman–Crippen MR) is 72.1 cm³/mol. The van der Waals surface area contributed by atoms with Crippen LogP contribution in [0.4, 0.5) is 19.0 Å². The fraction of sp³-hybridized carbons (Fsp3) is 0.286. The third-order valence-corrected chi connectivity index (χ3v) is 3.37. The summed E-state index contributed by atoms with van der Waals surface area (Å²) in [6.45, 7) is 0.700. The van der Waals surface area contributed by atoms with Crippen molar-refractivity contribution in [3.8, 4) is 11.4 Å². The zero-order valence-corrected chi connectivity index (χ0v) is 10.9. The predicted octanol–water partition coefficient (Wildman–Crippen LogP) is 2.81. The molecule has 1 aliphatic rings. The van der Waals surface area contributed by atoms with Gasteiger partial charge in [0.25, 0.3) is 5.56 Å². The molecule has 0 saturated carbocycles. The largest absolute Gasteiger partial charge is 0.416 e. The summed E-state index contributed by atoms with van der Waals surface area (Å²) in [5.74, 6) is 0.594. The Balaban J connectivity index is 2.09. The maximum atomic E-state index is 12.7. The van der Waals surface area contributed by atoms with Gasteiger partial charge in [0.05, 0.1) is 11.1 Å². The summed E-state index contributed by atoms with van der Waals surface area (Å²) < 4.78 is 38.2. The Labute approximate surface area is 118 Å². The van der Waals surface area contributed by atoms with Crippen LogP contribution >= 0.6 is 0 Å². The molecule has 0 fully saturated rings. The molecule has 0 atom stereocenters. The zero-order valence-electron chi connectivity index (χ0n) is 10.9. The normalized spacial score (nSPS) is 14.4. The number of hydrogen-bond acceptors (Lipinski definition) is 3. The Morgan fingerprint density at radius 2 is 2.05 bits per heavy atom. The number of rotatable bonds is 1. The highest BCUT2D eigenvalue weighted by Crippen LogP contribution is 2.31. The van der Waals surface area contributed by atoms with Crippen molar-refractivity contribution >= 4 is 5.82 Å². The summed E-state index contributed by atoms with van der Waals surface area (Å²) >= 11 is 0. The maximum Gasteiger partial charge on any atom is 0.416 e. The molecule has 3 rings (SSSR count). The Bertz CT molecular complexity index is 737. The molecular weight excluding hydrogens is 283 g/mol. The van der Waals surface area contributed by atoms with Crippen LogP contribution in [-0.2, 0) is 12.6 Å². The number of halogens is 3. The van der Waals surface area contributed by atoms with Crippen molar-refractivity contribution in [3.63, 3.8) is 0 Å². The highest BCUT2D eigenvalue weighted by atomic mass is 19.4. The SMILES string of the molecule is O=c1[nH]c(-c2cccc(C(F)(F)F)c2)nc2c1CCCN2. The molecule has 0 bridgehead atoms. The number of benzene rings is 1. The van der Waals surface area contributed by atoms with Crippen LogP contribution in [0.15, 0.2) is 29.1 Å². The molecule has 2 N–H and O–H groups in total. The van der Waals surface area contributed by atoms with E-state index in [0.29, 0.717) is 24.3 Å². The first-order valence-electron chi connectivity index (χ1n) is 6.50. The lowest BCUT2D eigenvalue weighted by atomic mass is 10.1. The van der Waals surface area contributed by atoms with Gasteiger partial charge in [0.15, 0.2) is 0 Å². The number of H-pyrrole nitrogens is 1. The summed E-state index contributed by atoms with van der Waals surface area (Å²) in [5, 5.41) is 3.01. The number of anilines is 1. The van der Waals surface area contributed by atoms with Crippen molar-refractivity contribution in [1.29, 1.82) is 0 Å². The van der Waals surface area contributed by atoms with Crippen molar-refractivity contribution in [2.75, 3.05) is 11.9 Å². The van der Waals surface area contributed by atoms with Gasteiger partial charge in [-0.3, -0.25) is 4.79 Å². The molecule has 1 aromatic heterocycles. The van der Waals surface area contributed by atoms with Gasteiger partial charge in [-0.05, 0) is 25.0 Å². The third-order valence-electron chi connectivity index (χ3n) is 3.37. The van der Waals surface area contributed by atoms with E-state index in [-0.39, 0.29) is 16.9 Å². The first kappa shape index (κ1) is 13.7. The minimum atomic E-state index is -4.43. The number of aromatic amines is 1. The van der Waals surface area contributed by atoms with Crippen LogP contribution in [0, 0.1) is 0 Å². The summed E-state index contributed by atoms with van der Waals surface area (Å²) in [5.41, 5.74) is -0.290. The van der Waals surface area contributed by atoms with Gasteiger partial charge in [-0.1, -0.05) is 12.1 Å². The molecule has 7 heteroatoms. The Kier molecular flexibility index (Phi) is 3.19. The number of nitrogens with zero attached hydrogens (tertiary/aromatic N) is 1. The summed E-state index contributed by atoms with van der Waals surface area (Å²) in [6.07, 6.45) is -2.98. The van der Waals surface area contributed by atoms with Crippen molar-refractivity contribution < 1.29 is 13.2 Å². The number of nitrogens with one attached hydrogen (secondary N) is 2. The average Bonchev–Trinajstić information content (AvgIpc) is 2.46. The van der Waals surface area contributed by atoms with Gasteiger partial charge in [0, 0.05) is 12.1 Å². The van der Waals surface area contributed by atoms with Gasteiger partial charge in [0.2, 0.25) is 0 Å². The second-order valence-corrected chi connectivity index (χ2v) is 4.85. The van der Waals surface area contributed by atoms with Gasteiger partial charge < -0.3 is 10.3 Å². The highest BCUT2D eigenvalue weighted by Gasteiger charge is 2.30. The van der Waals surface area contributed by atoms with Crippen molar-refractivity contribution in [2.45, 2.75) is 19.0 Å². The van der Waals surface area contributed by atoms with Crippen molar-refractivity contribution in [1.82, 2.24) is 9.97 Å². The molecule has 1 aliphatic heterocycles. The van der Waals surface area contributed by atoms with Crippen LogP contribution < -0.4 is 10.9 Å². The van der Waals surface area contributed by atoms with Gasteiger partial charge in [-0.2, -0.15) is 13.2 Å². The van der Waals surface area contributed by atoms with E-state index in [2.05, 4.69) is 15.3 Å². The van der Waals surface area contributed by atoms with Crippen molar-refractivity contribution in [3.05, 3.63) is 45.7 Å². The lowest BCUT2D eigenvalue weighted by Gasteiger charge is -2.17. The van der Waals surface area contributed by atoms with E-state index in [9.17, 15) is 18.0 Å². The second kappa shape index (κ2) is 4.91. The van der Waals surface area contributed by atoms with Crippen LogP contribution in [0.25, 0.3) is 11.4 Å². The number of hydrogen-bond donors (Lipinski definition) is 2. The molecule has 0 unspecified atom stereocenters. The molecule has 0 aliphatic carbocycles. The van der Waals surface area contributed by atoms with E-state index in [0.717, 1.165) is 18.6 Å². The molecule has 2 aromatic rings. The Morgan fingerprint density at radius 1 is 1.24 bits per heavy atom. The number of fused-ring (bicyclic) bond motifs is 1. The quantitative estimate of drug-likeness (QED) is 0.850. The molecule has 21 heavy (non-hydrogen) atoms. The Morgan fingerprint density at radius 3 is 2.81 bits per heavy atom. The van der Waals surface area contributed by atoms with E-state index < -0.39 is 11.7 Å². The van der Waals surface area contributed by atoms with E-state index in [1.807, 2.05) is 0 Å². The van der Waals surface area contributed by atoms with Crippen molar-refractivity contribution in [2.24, 2.45) is 0 Å². The molecule has 0 spiro atoms. The zero-order chi connectivity index (χ0) is 15.0. The molecule has 2 heterocycles. The second-order valence-electron chi connectivity index (χ2n) is 4.85. The summed E-state index contributed by atoms with van der Waals surface area (Å²) in [4.78, 5) is 18.8. The third kappa shape index (κ3) is 2.63. The van der Waals surface area contributed by atoms with E-state index in [4.69, 9.17) is 0 Å². The average molecular weight is 295 g/mol. The van der Waals surface area contributed by atoms with Crippen LogP contribution in [0.1, 0.15) is 17.5 Å². The fourth-order valence-electron chi connectivity index (χ4n) is 2.33. The molecular formula is C14H12F3N3O. The monoisotopic (exact) mass is 295 g/mol. The van der Waals surface area contributed by atoms with Crippen LogP contribution in [0.3, 0.4) is 0 Å². The van der Waals surface area contributed by atoms with Gasteiger partial charge in [0.1, 0.15) is 11.6 Å². The molecule has 110 valence electrons. The molecule has 1 aromatic carbocycles. The highest BCUT2D eigenvalue weighted by molar-refractivity contribution is 5.60. The van der Waals surface area contributed by atoms with Gasteiger partial charge in [-0.15, -0.1) is 0 Å². The lowest BCUT2D eigenvalue weighted by Crippen LogP contribution is -2.24. The first-order valence-corrected chi connectivity index (χ1v) is 6.50. The first-order chi connectivity index (χ1) is 9.95. The van der Waals surface area contributed by atoms with Crippen LogP contribution in [0.2, 0.25) is 0 Å². The smallest absolute Gasteiger partial charge is 0.370 e. The molecule has 0 amide bonds. The molecule has 0 radical (unpaired) electrons. The topological polar surface area (TPSA) is 57.8 Å². The minimum Gasteiger partial charge on any atom is -0.370 e. The van der Waals surface area contributed by atoms with E-state index >= 15 is 0 Å². The molecule has 4 nitrogen and oxygen atoms in total. The van der Waals surface area contributed by atoms with E-state index in [1.54, 1.807) is 0 Å². The van der Waals surface area contributed by atoms with Gasteiger partial charge >= 0.3 is 6.18 Å². The fourth-order valence-corrected chi connectivity index (χ4v) is 2.33. The summed E-state index contributed by atoms with van der Waals surface area (Å²) in [7, 11) is 0. The maximum absolute atomic E-state index is 12.7. The Hall–Kier alpha value is -2.31. The van der Waals surface area contributed by atoms with Crippen LogP contribution in [0.5, 0.6) is 0 Å². The molecule has 0 saturated heterocycles. The minimum absolute atomic E-state index is 0.138.